The number of halogens is 6. The number of anilines is 1. The summed E-state index contributed by atoms with van der Waals surface area (Å²) in [6, 6.07) is 8.13. The number of para-hydroxylation sites is 2. The molecular weight excluding hydrogens is 454 g/mol. The summed E-state index contributed by atoms with van der Waals surface area (Å²) < 4.78 is 78.6. The van der Waals surface area contributed by atoms with Gasteiger partial charge in [-0.2, -0.15) is 26.3 Å². The summed E-state index contributed by atoms with van der Waals surface area (Å²) in [7, 11) is 0. The first-order valence-corrected chi connectivity index (χ1v) is 10.1. The lowest BCUT2D eigenvalue weighted by atomic mass is 10.0. The van der Waals surface area contributed by atoms with Crippen LogP contribution in [0.15, 0.2) is 42.5 Å². The number of hydrogen-bond donors (Lipinski definition) is 3. The second-order valence-corrected chi connectivity index (χ2v) is 8.12. The third kappa shape index (κ3) is 5.90. The van der Waals surface area contributed by atoms with Gasteiger partial charge in [-0.3, -0.25) is 0 Å². The Labute approximate surface area is 185 Å². The molecule has 3 N–H and O–H groups in total. The maximum atomic E-state index is 13.1. The summed E-state index contributed by atoms with van der Waals surface area (Å²) in [6.07, 6.45) is -9.32. The second-order valence-electron chi connectivity index (χ2n) is 7.71. The van der Waals surface area contributed by atoms with Crippen molar-refractivity contribution in [2.75, 3.05) is 5.32 Å². The second kappa shape index (κ2) is 8.97. The molecule has 4 nitrogen and oxygen atoms in total. The quantitative estimate of drug-likeness (QED) is 0.285. The van der Waals surface area contributed by atoms with Crippen LogP contribution >= 0.6 is 12.2 Å². The molecule has 0 saturated heterocycles. The third-order valence-electron chi connectivity index (χ3n) is 4.60. The molecule has 0 spiro atoms. The molecule has 32 heavy (non-hydrogen) atoms. The summed E-state index contributed by atoms with van der Waals surface area (Å²) in [6.45, 7) is 3.94. The Balaban J connectivity index is 1.86. The standard InChI is InChI=1S/C21H20F6N4S/c1-11(2)7-17(18-29-15-5-3-4-6-16(15)30-18)31-19(32)28-14-9-12(20(22,23)24)8-13(10-14)21(25,26)27/h3-6,8-11,17H,7H2,1-2H3,(H,29,30)(H2,28,31,32)/t17-/m1/s1. The number of nitrogens with zero attached hydrogens (tertiary/aromatic N) is 1. The Morgan fingerprint density at radius 2 is 1.59 bits per heavy atom. The first-order valence-electron chi connectivity index (χ1n) is 9.64. The van der Waals surface area contributed by atoms with E-state index in [0.717, 1.165) is 11.0 Å². The van der Waals surface area contributed by atoms with Crippen molar-refractivity contribution in [1.29, 1.82) is 0 Å². The molecule has 0 bridgehead atoms. The van der Waals surface area contributed by atoms with Crippen molar-refractivity contribution in [3.63, 3.8) is 0 Å². The van der Waals surface area contributed by atoms with Crippen LogP contribution in [0, 0.1) is 5.92 Å². The Hall–Kier alpha value is -2.82. The van der Waals surface area contributed by atoms with Gasteiger partial charge < -0.3 is 15.6 Å². The molecule has 2 aromatic carbocycles. The van der Waals surface area contributed by atoms with Gasteiger partial charge in [0, 0.05) is 5.69 Å². The monoisotopic (exact) mass is 474 g/mol. The number of rotatable bonds is 5. The summed E-state index contributed by atoms with van der Waals surface area (Å²) >= 11 is 5.19. The van der Waals surface area contributed by atoms with E-state index in [1.54, 1.807) is 0 Å². The van der Waals surface area contributed by atoms with Crippen molar-refractivity contribution in [3.05, 3.63) is 59.4 Å². The van der Waals surface area contributed by atoms with Gasteiger partial charge in [0.05, 0.1) is 28.2 Å². The largest absolute Gasteiger partial charge is 0.416 e. The minimum atomic E-state index is -4.94. The zero-order chi connectivity index (χ0) is 23.7. The Morgan fingerprint density at radius 1 is 1.00 bits per heavy atom. The SMILES string of the molecule is CC(C)C[C@@H](NC(=S)Nc1cc(C(F)(F)F)cc(C(F)(F)F)c1)c1nc2ccccc2[nH]1. The molecule has 0 radical (unpaired) electrons. The summed E-state index contributed by atoms with van der Waals surface area (Å²) in [5.41, 5.74) is -1.74. The highest BCUT2D eigenvalue weighted by molar-refractivity contribution is 7.80. The Bertz CT molecular complexity index is 1040. The molecule has 0 fully saturated rings. The molecule has 0 aliphatic carbocycles. The van der Waals surface area contributed by atoms with Gasteiger partial charge in [0.2, 0.25) is 0 Å². The average molecular weight is 474 g/mol. The van der Waals surface area contributed by atoms with E-state index in [4.69, 9.17) is 12.2 Å². The average Bonchev–Trinajstić information content (AvgIpc) is 3.09. The maximum absolute atomic E-state index is 13.1. The summed E-state index contributed by atoms with van der Waals surface area (Å²) in [4.78, 5) is 7.69. The smallest absolute Gasteiger partial charge is 0.352 e. The number of imidazole rings is 1. The summed E-state index contributed by atoms with van der Waals surface area (Å²) in [5, 5.41) is 5.29. The fraction of sp³-hybridized carbons (Fsp3) is 0.333. The third-order valence-corrected chi connectivity index (χ3v) is 4.82. The highest BCUT2D eigenvalue weighted by atomic mass is 32.1. The van der Waals surface area contributed by atoms with E-state index >= 15 is 0 Å². The van der Waals surface area contributed by atoms with E-state index in [0.29, 0.717) is 24.4 Å². The van der Waals surface area contributed by atoms with Crippen molar-refractivity contribution in [2.45, 2.75) is 38.7 Å². The molecule has 1 atom stereocenters. The van der Waals surface area contributed by atoms with Gasteiger partial charge in [0.1, 0.15) is 5.82 Å². The number of aromatic amines is 1. The lowest BCUT2D eigenvalue weighted by Gasteiger charge is -2.22. The van der Waals surface area contributed by atoms with Gasteiger partial charge >= 0.3 is 12.4 Å². The van der Waals surface area contributed by atoms with Crippen molar-refractivity contribution in [1.82, 2.24) is 15.3 Å². The lowest BCUT2D eigenvalue weighted by molar-refractivity contribution is -0.143. The van der Waals surface area contributed by atoms with E-state index in [9.17, 15) is 26.3 Å². The van der Waals surface area contributed by atoms with E-state index in [2.05, 4.69) is 20.6 Å². The topological polar surface area (TPSA) is 52.7 Å². The van der Waals surface area contributed by atoms with E-state index in [1.807, 2.05) is 38.1 Å². The first kappa shape index (κ1) is 23.8. The highest BCUT2D eigenvalue weighted by Crippen LogP contribution is 2.37. The van der Waals surface area contributed by atoms with Gasteiger partial charge in [0.25, 0.3) is 0 Å². The maximum Gasteiger partial charge on any atom is 0.416 e. The molecule has 0 saturated carbocycles. The molecule has 3 aromatic rings. The molecule has 1 aromatic heterocycles. The molecule has 1 heterocycles. The molecular formula is C21H20F6N4S. The molecule has 11 heteroatoms. The van der Waals surface area contributed by atoms with E-state index in [1.165, 1.54) is 0 Å². The number of thiocarbonyl (C=S) groups is 1. The van der Waals surface area contributed by atoms with Crippen LogP contribution in [0.2, 0.25) is 0 Å². The first-order chi connectivity index (χ1) is 14.8. The van der Waals surface area contributed by atoms with Crippen molar-refractivity contribution < 1.29 is 26.3 Å². The zero-order valence-electron chi connectivity index (χ0n) is 17.0. The molecule has 172 valence electrons. The van der Waals surface area contributed by atoms with Crippen LogP contribution in [-0.2, 0) is 12.4 Å². The van der Waals surface area contributed by atoms with Crippen LogP contribution in [0.25, 0.3) is 11.0 Å². The van der Waals surface area contributed by atoms with E-state index in [-0.39, 0.29) is 17.1 Å². The number of nitrogens with one attached hydrogen (secondary N) is 3. The Morgan fingerprint density at radius 3 is 2.12 bits per heavy atom. The van der Waals surface area contributed by atoms with Crippen LogP contribution < -0.4 is 10.6 Å². The number of alkyl halides is 6. The molecule has 0 unspecified atom stereocenters. The van der Waals surface area contributed by atoms with Crippen molar-refractivity contribution >= 4 is 34.1 Å². The van der Waals surface area contributed by atoms with Crippen LogP contribution in [0.5, 0.6) is 0 Å². The number of hydrogen-bond acceptors (Lipinski definition) is 2. The van der Waals surface area contributed by atoms with Gasteiger partial charge in [-0.25, -0.2) is 4.98 Å². The fourth-order valence-electron chi connectivity index (χ4n) is 3.20. The predicted molar refractivity (Wildman–Crippen MR) is 114 cm³/mol. The predicted octanol–water partition coefficient (Wildman–Crippen LogP) is 6.67. The van der Waals surface area contributed by atoms with Crippen LogP contribution in [0.1, 0.15) is 43.3 Å². The molecule has 0 aliphatic rings. The zero-order valence-corrected chi connectivity index (χ0v) is 17.8. The number of aromatic nitrogens is 2. The van der Waals surface area contributed by atoms with Gasteiger partial charge in [-0.05, 0) is 54.9 Å². The van der Waals surface area contributed by atoms with E-state index < -0.39 is 35.2 Å². The van der Waals surface area contributed by atoms with Gasteiger partial charge in [-0.15, -0.1) is 0 Å². The lowest BCUT2D eigenvalue weighted by Crippen LogP contribution is -2.33. The molecule has 0 amide bonds. The summed E-state index contributed by atoms with van der Waals surface area (Å²) in [5.74, 6) is 0.762. The molecule has 3 rings (SSSR count). The van der Waals surface area contributed by atoms with Gasteiger partial charge in [-0.1, -0.05) is 26.0 Å². The molecule has 0 aliphatic heterocycles. The Kier molecular flexibility index (Phi) is 6.68. The normalized spacial score (nSPS) is 13.4. The number of H-pyrrole nitrogens is 1. The minimum absolute atomic E-state index is 0.0671. The van der Waals surface area contributed by atoms with Gasteiger partial charge in [0.15, 0.2) is 5.11 Å². The number of benzene rings is 2. The fourth-order valence-corrected chi connectivity index (χ4v) is 3.46. The van der Waals surface area contributed by atoms with Crippen molar-refractivity contribution in [3.8, 4) is 0 Å². The van der Waals surface area contributed by atoms with Crippen LogP contribution in [-0.4, -0.2) is 15.1 Å². The van der Waals surface area contributed by atoms with Crippen molar-refractivity contribution in [2.24, 2.45) is 5.92 Å². The van der Waals surface area contributed by atoms with Crippen LogP contribution in [0.3, 0.4) is 0 Å². The minimum Gasteiger partial charge on any atom is -0.352 e. The van der Waals surface area contributed by atoms with Crippen LogP contribution in [0.4, 0.5) is 32.0 Å². The highest BCUT2D eigenvalue weighted by Gasteiger charge is 2.37. The number of fused-ring (bicyclic) bond motifs is 1.